The Morgan fingerprint density at radius 1 is 1.45 bits per heavy atom. The van der Waals surface area contributed by atoms with Gasteiger partial charge in [0, 0.05) is 6.54 Å². The van der Waals surface area contributed by atoms with Crippen molar-refractivity contribution in [3.05, 3.63) is 23.8 Å². The van der Waals surface area contributed by atoms with Crippen LogP contribution in [0.3, 0.4) is 0 Å². The SMILES string of the molecule is COc1ccc(C)cc1NC(=O)C1CCCN1C(=O)[C@@H](C)N. The monoisotopic (exact) mass is 305 g/mol. The van der Waals surface area contributed by atoms with Crippen LogP contribution in [0.1, 0.15) is 25.3 Å². The quantitative estimate of drug-likeness (QED) is 0.877. The summed E-state index contributed by atoms with van der Waals surface area (Å²) in [6, 6.07) is 4.51. The topological polar surface area (TPSA) is 84.7 Å². The largest absolute Gasteiger partial charge is 0.495 e. The lowest BCUT2D eigenvalue weighted by Crippen LogP contribution is -2.48. The molecule has 1 aliphatic rings. The van der Waals surface area contributed by atoms with Gasteiger partial charge in [0.1, 0.15) is 11.8 Å². The van der Waals surface area contributed by atoms with Crippen molar-refractivity contribution < 1.29 is 14.3 Å². The highest BCUT2D eigenvalue weighted by atomic mass is 16.5. The van der Waals surface area contributed by atoms with Crippen LogP contribution in [-0.2, 0) is 9.59 Å². The Labute approximate surface area is 130 Å². The Hall–Kier alpha value is -2.08. The lowest BCUT2D eigenvalue weighted by molar-refractivity contribution is -0.137. The van der Waals surface area contributed by atoms with Gasteiger partial charge < -0.3 is 20.7 Å². The molecule has 2 amide bonds. The molecule has 1 heterocycles. The van der Waals surface area contributed by atoms with E-state index in [0.717, 1.165) is 12.0 Å². The Morgan fingerprint density at radius 3 is 2.82 bits per heavy atom. The van der Waals surface area contributed by atoms with Gasteiger partial charge in [-0.1, -0.05) is 6.07 Å². The maximum Gasteiger partial charge on any atom is 0.247 e. The fourth-order valence-electron chi connectivity index (χ4n) is 2.70. The van der Waals surface area contributed by atoms with Crippen LogP contribution >= 0.6 is 0 Å². The van der Waals surface area contributed by atoms with Crippen molar-refractivity contribution in [2.45, 2.75) is 38.8 Å². The zero-order valence-electron chi connectivity index (χ0n) is 13.3. The Morgan fingerprint density at radius 2 is 2.18 bits per heavy atom. The highest BCUT2D eigenvalue weighted by Gasteiger charge is 2.35. The van der Waals surface area contributed by atoms with Crippen molar-refractivity contribution >= 4 is 17.5 Å². The molecular weight excluding hydrogens is 282 g/mol. The number of carbonyl (C=O) groups excluding carboxylic acids is 2. The normalized spacial score (nSPS) is 18.9. The van der Waals surface area contributed by atoms with Crippen LogP contribution in [0.4, 0.5) is 5.69 Å². The molecular formula is C16H23N3O3. The number of likely N-dealkylation sites (tertiary alicyclic amines) is 1. The number of ether oxygens (including phenoxy) is 1. The van der Waals surface area contributed by atoms with E-state index in [0.29, 0.717) is 24.4 Å². The zero-order valence-corrected chi connectivity index (χ0v) is 13.3. The van der Waals surface area contributed by atoms with E-state index in [-0.39, 0.29) is 11.8 Å². The van der Waals surface area contributed by atoms with Crippen molar-refractivity contribution in [1.29, 1.82) is 0 Å². The first kappa shape index (κ1) is 16.3. The lowest BCUT2D eigenvalue weighted by Gasteiger charge is -2.25. The van der Waals surface area contributed by atoms with E-state index in [2.05, 4.69) is 5.32 Å². The van der Waals surface area contributed by atoms with Crippen LogP contribution in [0.25, 0.3) is 0 Å². The summed E-state index contributed by atoms with van der Waals surface area (Å²) in [4.78, 5) is 26.2. The summed E-state index contributed by atoms with van der Waals surface area (Å²) in [6.07, 6.45) is 1.46. The molecule has 0 radical (unpaired) electrons. The van der Waals surface area contributed by atoms with E-state index in [4.69, 9.17) is 10.5 Å². The number of aryl methyl sites for hydroxylation is 1. The molecule has 0 bridgehead atoms. The van der Waals surface area contributed by atoms with E-state index in [1.54, 1.807) is 18.9 Å². The van der Waals surface area contributed by atoms with Gasteiger partial charge in [-0.2, -0.15) is 0 Å². The summed E-state index contributed by atoms with van der Waals surface area (Å²) in [5, 5.41) is 2.87. The maximum absolute atomic E-state index is 12.5. The Kier molecular flexibility index (Phi) is 5.03. The molecule has 1 aliphatic heterocycles. The number of amides is 2. The summed E-state index contributed by atoms with van der Waals surface area (Å²) < 4.78 is 5.26. The molecule has 1 unspecified atom stereocenters. The molecule has 2 rings (SSSR count). The molecule has 0 spiro atoms. The average molecular weight is 305 g/mol. The third kappa shape index (κ3) is 3.39. The molecule has 0 aromatic heterocycles. The molecule has 2 atom stereocenters. The van der Waals surface area contributed by atoms with Crippen molar-refractivity contribution in [1.82, 2.24) is 4.90 Å². The van der Waals surface area contributed by atoms with Crippen molar-refractivity contribution in [3.63, 3.8) is 0 Å². The predicted molar refractivity (Wildman–Crippen MR) is 84.7 cm³/mol. The van der Waals surface area contributed by atoms with Gasteiger partial charge in [-0.15, -0.1) is 0 Å². The number of hydrogen-bond donors (Lipinski definition) is 2. The highest BCUT2D eigenvalue weighted by Crippen LogP contribution is 2.27. The molecule has 120 valence electrons. The Bertz CT molecular complexity index is 572. The third-order valence-corrected chi connectivity index (χ3v) is 3.84. The Balaban J connectivity index is 2.15. The van der Waals surface area contributed by atoms with Gasteiger partial charge in [0.15, 0.2) is 0 Å². The van der Waals surface area contributed by atoms with Crippen molar-refractivity contribution in [3.8, 4) is 5.75 Å². The van der Waals surface area contributed by atoms with Crippen LogP contribution in [0.5, 0.6) is 5.75 Å². The molecule has 1 aromatic rings. The number of hydrogen-bond acceptors (Lipinski definition) is 4. The summed E-state index contributed by atoms with van der Waals surface area (Å²) in [5.74, 6) is 0.214. The summed E-state index contributed by atoms with van der Waals surface area (Å²) in [6.45, 7) is 4.15. The van der Waals surface area contributed by atoms with Crippen LogP contribution in [-0.4, -0.2) is 42.5 Å². The zero-order chi connectivity index (χ0) is 16.3. The van der Waals surface area contributed by atoms with Crippen molar-refractivity contribution in [2.24, 2.45) is 5.73 Å². The molecule has 22 heavy (non-hydrogen) atoms. The molecule has 6 nitrogen and oxygen atoms in total. The second-order valence-electron chi connectivity index (χ2n) is 5.67. The number of nitrogens with two attached hydrogens (primary N) is 1. The third-order valence-electron chi connectivity index (χ3n) is 3.84. The van der Waals surface area contributed by atoms with Crippen LogP contribution in [0.2, 0.25) is 0 Å². The van der Waals surface area contributed by atoms with E-state index in [9.17, 15) is 9.59 Å². The van der Waals surface area contributed by atoms with Crippen LogP contribution < -0.4 is 15.8 Å². The first-order chi connectivity index (χ1) is 10.4. The minimum Gasteiger partial charge on any atom is -0.495 e. The highest BCUT2D eigenvalue weighted by molar-refractivity contribution is 5.99. The smallest absolute Gasteiger partial charge is 0.247 e. The number of carbonyl (C=O) groups is 2. The van der Waals surface area contributed by atoms with E-state index in [1.165, 1.54) is 0 Å². The number of nitrogens with zero attached hydrogens (tertiary/aromatic N) is 1. The van der Waals surface area contributed by atoms with E-state index in [1.807, 2.05) is 25.1 Å². The maximum atomic E-state index is 12.5. The van der Waals surface area contributed by atoms with E-state index >= 15 is 0 Å². The van der Waals surface area contributed by atoms with Gasteiger partial charge in [-0.3, -0.25) is 9.59 Å². The number of anilines is 1. The molecule has 1 aromatic carbocycles. The van der Waals surface area contributed by atoms with E-state index < -0.39 is 12.1 Å². The van der Waals surface area contributed by atoms with Gasteiger partial charge in [0.25, 0.3) is 0 Å². The van der Waals surface area contributed by atoms with Gasteiger partial charge in [0.05, 0.1) is 18.8 Å². The number of methoxy groups -OCH3 is 1. The summed E-state index contributed by atoms with van der Waals surface area (Å²) in [5.41, 5.74) is 7.29. The lowest BCUT2D eigenvalue weighted by atomic mass is 10.1. The molecule has 6 heteroatoms. The molecule has 1 saturated heterocycles. The number of benzene rings is 1. The first-order valence-electron chi connectivity index (χ1n) is 7.45. The van der Waals surface area contributed by atoms with Gasteiger partial charge in [-0.25, -0.2) is 0 Å². The van der Waals surface area contributed by atoms with Crippen LogP contribution in [0, 0.1) is 6.92 Å². The van der Waals surface area contributed by atoms with Gasteiger partial charge in [0.2, 0.25) is 11.8 Å². The van der Waals surface area contributed by atoms with Gasteiger partial charge >= 0.3 is 0 Å². The average Bonchev–Trinajstić information content (AvgIpc) is 2.96. The molecule has 3 N–H and O–H groups in total. The minimum atomic E-state index is -0.595. The first-order valence-corrected chi connectivity index (χ1v) is 7.45. The second-order valence-corrected chi connectivity index (χ2v) is 5.67. The fourth-order valence-corrected chi connectivity index (χ4v) is 2.70. The molecule has 0 saturated carbocycles. The van der Waals surface area contributed by atoms with Crippen molar-refractivity contribution in [2.75, 3.05) is 19.0 Å². The molecule has 1 fully saturated rings. The van der Waals surface area contributed by atoms with Gasteiger partial charge in [-0.05, 0) is 44.4 Å². The number of rotatable bonds is 4. The van der Waals surface area contributed by atoms with Crippen LogP contribution in [0.15, 0.2) is 18.2 Å². The molecule has 0 aliphatic carbocycles. The predicted octanol–water partition coefficient (Wildman–Crippen LogP) is 1.28. The second kappa shape index (κ2) is 6.79. The minimum absolute atomic E-state index is 0.186. The summed E-state index contributed by atoms with van der Waals surface area (Å²) >= 11 is 0. The summed E-state index contributed by atoms with van der Waals surface area (Å²) in [7, 11) is 1.56. The standard InChI is InChI=1S/C16H23N3O3/c1-10-6-7-14(22-3)12(9-10)18-15(20)13-5-4-8-19(13)16(21)11(2)17/h6-7,9,11,13H,4-5,8,17H2,1-3H3,(H,18,20)/t11-,13?/m1/s1. The number of nitrogens with one attached hydrogen (secondary N) is 1. The fraction of sp³-hybridized carbons (Fsp3) is 0.500.